The summed E-state index contributed by atoms with van der Waals surface area (Å²) >= 11 is 0. The predicted molar refractivity (Wildman–Crippen MR) is 240 cm³/mol. The zero-order chi connectivity index (χ0) is 45.4. The van der Waals surface area contributed by atoms with Gasteiger partial charge in [0.15, 0.2) is 0 Å². The lowest BCUT2D eigenvalue weighted by Gasteiger charge is -2.19. The highest BCUT2D eigenvalue weighted by atomic mass is 16.6. The molecule has 0 bridgehead atoms. The number of amides is 4. The molecule has 0 aromatic heterocycles. The van der Waals surface area contributed by atoms with Crippen LogP contribution in [0, 0.1) is 5.92 Å². The minimum Gasteiger partial charge on any atom is -0.449 e. The van der Waals surface area contributed by atoms with Gasteiger partial charge in [-0.2, -0.15) is 0 Å². The van der Waals surface area contributed by atoms with E-state index < -0.39 is 49.3 Å². The van der Waals surface area contributed by atoms with E-state index in [1.165, 1.54) is 0 Å². The van der Waals surface area contributed by atoms with Crippen molar-refractivity contribution < 1.29 is 53.1 Å². The van der Waals surface area contributed by atoms with E-state index in [-0.39, 0.29) is 38.1 Å². The van der Waals surface area contributed by atoms with Gasteiger partial charge in [0, 0.05) is 38.1 Å². The number of allylic oxidation sites excluding steroid dienone is 8. The Morgan fingerprint density at radius 2 is 1.02 bits per heavy atom. The molecule has 15 nitrogen and oxygen atoms in total. The van der Waals surface area contributed by atoms with E-state index in [9.17, 15) is 29.4 Å². The molecular formula is C48H62N4O11. The topological polar surface area (TPSA) is 203 Å². The fraction of sp³-hybridized carbons (Fsp3) is 0.417. The maximum absolute atomic E-state index is 12.6. The van der Waals surface area contributed by atoms with Crippen LogP contribution < -0.4 is 21.3 Å². The SMILES string of the molecule is C=C/C=C\C1=C(C)C(C)=C(/C=C\C=C)C1COC(=O)NC(CO)C(=O)NCCCOCCOCCOCCCNC(=O)C(CO)NC(=O)OCC1c2ccccc2-c2ccccc21. The third-order valence-electron chi connectivity index (χ3n) is 10.6. The maximum Gasteiger partial charge on any atom is 0.407 e. The monoisotopic (exact) mass is 870 g/mol. The average molecular weight is 871 g/mol. The summed E-state index contributed by atoms with van der Waals surface area (Å²) in [7, 11) is 0. The number of benzene rings is 2. The Kier molecular flexibility index (Phi) is 21.6. The second-order valence-corrected chi connectivity index (χ2v) is 14.7. The molecule has 2 unspecified atom stereocenters. The Morgan fingerprint density at radius 3 is 1.43 bits per heavy atom. The zero-order valence-corrected chi connectivity index (χ0v) is 36.3. The van der Waals surface area contributed by atoms with Crippen molar-refractivity contribution in [3.05, 3.63) is 132 Å². The lowest BCUT2D eigenvalue weighted by molar-refractivity contribution is -0.124. The quantitative estimate of drug-likeness (QED) is 0.0508. The summed E-state index contributed by atoms with van der Waals surface area (Å²) in [6, 6.07) is 13.6. The summed E-state index contributed by atoms with van der Waals surface area (Å²) in [6.45, 7) is 13.1. The van der Waals surface area contributed by atoms with Crippen LogP contribution in [0.2, 0.25) is 0 Å². The normalized spacial score (nSPS) is 14.7. The minimum absolute atomic E-state index is 0.0337. The molecular weight excluding hydrogens is 809 g/mol. The van der Waals surface area contributed by atoms with E-state index in [2.05, 4.69) is 34.4 Å². The molecule has 340 valence electrons. The van der Waals surface area contributed by atoms with Gasteiger partial charge in [-0.25, -0.2) is 9.59 Å². The highest BCUT2D eigenvalue weighted by molar-refractivity contribution is 5.86. The number of ether oxygens (including phenoxy) is 5. The number of rotatable bonds is 28. The summed E-state index contributed by atoms with van der Waals surface area (Å²) in [5.41, 5.74) is 8.51. The number of alkyl carbamates (subject to hydrolysis) is 2. The molecule has 2 aromatic rings. The van der Waals surface area contributed by atoms with E-state index in [1.807, 2.05) is 86.7 Å². The van der Waals surface area contributed by atoms with Gasteiger partial charge in [0.1, 0.15) is 25.3 Å². The molecule has 0 heterocycles. The second-order valence-electron chi connectivity index (χ2n) is 14.7. The van der Waals surface area contributed by atoms with Crippen molar-refractivity contribution >= 4 is 24.0 Å². The van der Waals surface area contributed by atoms with Gasteiger partial charge in [0.05, 0.1) is 39.6 Å². The van der Waals surface area contributed by atoms with Gasteiger partial charge in [0.2, 0.25) is 11.8 Å². The predicted octanol–water partition coefficient (Wildman–Crippen LogP) is 4.78. The Bertz CT molecular complexity index is 1910. The first-order valence-corrected chi connectivity index (χ1v) is 21.2. The van der Waals surface area contributed by atoms with Gasteiger partial charge >= 0.3 is 12.2 Å². The van der Waals surface area contributed by atoms with Crippen LogP contribution >= 0.6 is 0 Å². The molecule has 0 fully saturated rings. The number of hydrogen-bond acceptors (Lipinski definition) is 11. The molecule has 6 N–H and O–H groups in total. The van der Waals surface area contributed by atoms with E-state index in [4.69, 9.17) is 23.7 Å². The minimum atomic E-state index is -1.18. The van der Waals surface area contributed by atoms with E-state index in [1.54, 1.807) is 12.2 Å². The van der Waals surface area contributed by atoms with Crippen LogP contribution in [0.4, 0.5) is 9.59 Å². The van der Waals surface area contributed by atoms with Gasteiger partial charge in [-0.15, -0.1) is 0 Å². The van der Waals surface area contributed by atoms with Crippen LogP contribution in [0.5, 0.6) is 0 Å². The Labute approximate surface area is 369 Å². The lowest BCUT2D eigenvalue weighted by atomic mass is 9.94. The van der Waals surface area contributed by atoms with Gasteiger partial charge in [-0.05, 0) is 71.2 Å². The number of hydrogen-bond donors (Lipinski definition) is 6. The van der Waals surface area contributed by atoms with Crippen LogP contribution in [0.25, 0.3) is 11.1 Å². The average Bonchev–Trinajstić information content (AvgIpc) is 3.73. The summed E-state index contributed by atoms with van der Waals surface area (Å²) in [6.07, 6.45) is 10.3. The molecule has 2 aliphatic rings. The molecule has 0 aliphatic heterocycles. The van der Waals surface area contributed by atoms with E-state index in [0.29, 0.717) is 52.5 Å². The van der Waals surface area contributed by atoms with E-state index in [0.717, 1.165) is 44.5 Å². The summed E-state index contributed by atoms with van der Waals surface area (Å²) < 4.78 is 27.6. The number of carbonyl (C=O) groups is 4. The first kappa shape index (κ1) is 49.8. The molecule has 0 spiro atoms. The van der Waals surface area contributed by atoms with Gasteiger partial charge in [0.25, 0.3) is 0 Å². The summed E-state index contributed by atoms with van der Waals surface area (Å²) in [4.78, 5) is 50.4. The van der Waals surface area contributed by atoms with Crippen molar-refractivity contribution in [2.45, 2.75) is 44.7 Å². The van der Waals surface area contributed by atoms with Crippen LogP contribution in [-0.4, -0.2) is 125 Å². The van der Waals surface area contributed by atoms with Gasteiger partial charge < -0.3 is 55.2 Å². The van der Waals surface area contributed by atoms with Crippen molar-refractivity contribution in [3.8, 4) is 11.1 Å². The Balaban J connectivity index is 0.980. The lowest BCUT2D eigenvalue weighted by Crippen LogP contribution is -2.49. The van der Waals surface area contributed by atoms with Crippen LogP contribution in [0.3, 0.4) is 0 Å². The molecule has 15 heteroatoms. The molecule has 0 saturated carbocycles. The number of nitrogens with one attached hydrogen (secondary N) is 4. The highest BCUT2D eigenvalue weighted by Gasteiger charge is 2.31. The van der Waals surface area contributed by atoms with Gasteiger partial charge in [-0.1, -0.05) is 98.1 Å². The molecule has 4 rings (SSSR count). The highest BCUT2D eigenvalue weighted by Crippen LogP contribution is 2.44. The fourth-order valence-electron chi connectivity index (χ4n) is 7.20. The van der Waals surface area contributed by atoms with Crippen molar-refractivity contribution in [3.63, 3.8) is 0 Å². The Hall–Kier alpha value is -5.84. The van der Waals surface area contributed by atoms with Crippen LogP contribution in [0.15, 0.2) is 120 Å². The van der Waals surface area contributed by atoms with Crippen molar-refractivity contribution in [1.82, 2.24) is 21.3 Å². The van der Waals surface area contributed by atoms with E-state index >= 15 is 0 Å². The molecule has 2 atom stereocenters. The zero-order valence-electron chi connectivity index (χ0n) is 36.3. The number of aliphatic hydroxyl groups excluding tert-OH is 2. The van der Waals surface area contributed by atoms with Crippen LogP contribution in [-0.2, 0) is 33.3 Å². The number of fused-ring (bicyclic) bond motifs is 3. The summed E-state index contributed by atoms with van der Waals surface area (Å²) in [5.74, 6) is -1.42. The first-order chi connectivity index (χ1) is 30.6. The Morgan fingerprint density at radius 1 is 0.619 bits per heavy atom. The maximum atomic E-state index is 12.6. The standard InChI is InChI=1S/C48H62N4O11/c1-5-7-15-35-33(3)34(4)36(16-8-6-2)41(35)31-62-47(57)51-43(29-53)45(55)49-21-13-23-59-25-27-61-28-26-60-24-14-22-50-46(56)44(30-54)52-48(58)63-32-42-39-19-11-9-17-37(39)38-18-10-12-20-40(38)42/h5-12,15-20,41-44,53-54H,1-2,13-14,21-32H2,3-4H3,(H,49,55)(H,50,56)(H,51,57)(H,52,58)/b15-7-,16-8-. The number of aliphatic hydroxyl groups is 2. The van der Waals surface area contributed by atoms with Crippen molar-refractivity contribution in [1.29, 1.82) is 0 Å². The molecule has 2 aliphatic carbocycles. The first-order valence-electron chi connectivity index (χ1n) is 21.2. The third kappa shape index (κ3) is 15.2. The van der Waals surface area contributed by atoms with Crippen LogP contribution in [0.1, 0.15) is 43.7 Å². The second kappa shape index (κ2) is 27.3. The molecule has 4 amide bonds. The molecule has 63 heavy (non-hydrogen) atoms. The van der Waals surface area contributed by atoms with Crippen molar-refractivity contribution in [2.75, 3.05) is 79.2 Å². The third-order valence-corrected chi connectivity index (χ3v) is 10.6. The fourth-order valence-corrected chi connectivity index (χ4v) is 7.20. The van der Waals surface area contributed by atoms with Gasteiger partial charge in [-0.3, -0.25) is 9.59 Å². The number of carbonyl (C=O) groups excluding carboxylic acids is 4. The molecule has 0 saturated heterocycles. The largest absolute Gasteiger partial charge is 0.449 e. The summed E-state index contributed by atoms with van der Waals surface area (Å²) in [5, 5.41) is 29.8. The molecule has 2 aromatic carbocycles. The van der Waals surface area contributed by atoms with Crippen molar-refractivity contribution in [2.24, 2.45) is 5.92 Å². The molecule has 0 radical (unpaired) electrons. The smallest absolute Gasteiger partial charge is 0.407 e.